The fourth-order valence-electron chi connectivity index (χ4n) is 2.16. The molecule has 6 heteroatoms. The molecule has 0 bridgehead atoms. The molecule has 0 aromatic heterocycles. The van der Waals surface area contributed by atoms with Crippen molar-refractivity contribution in [2.45, 2.75) is 20.3 Å². The van der Waals surface area contributed by atoms with Crippen LogP contribution in [0.3, 0.4) is 0 Å². The van der Waals surface area contributed by atoms with E-state index >= 15 is 0 Å². The molecule has 0 aliphatic rings. The van der Waals surface area contributed by atoms with Crippen molar-refractivity contribution < 1.29 is 19.1 Å². The highest BCUT2D eigenvalue weighted by molar-refractivity contribution is 5.99. The zero-order valence-corrected chi connectivity index (χ0v) is 13.6. The van der Waals surface area contributed by atoms with Crippen LogP contribution in [-0.4, -0.2) is 50.6 Å². The molecule has 0 radical (unpaired) electrons. The van der Waals surface area contributed by atoms with Crippen LogP contribution < -0.4 is 14.8 Å². The van der Waals surface area contributed by atoms with Crippen LogP contribution in [0, 0.1) is 0 Å². The molecular weight excluding hydrogens is 284 g/mol. The van der Waals surface area contributed by atoms with Crippen molar-refractivity contribution in [1.82, 2.24) is 10.2 Å². The molecule has 22 heavy (non-hydrogen) atoms. The Labute approximate surface area is 131 Å². The number of carbonyl (C=O) groups is 2. The van der Waals surface area contributed by atoms with Crippen LogP contribution in [0.15, 0.2) is 18.2 Å². The van der Waals surface area contributed by atoms with Crippen molar-refractivity contribution in [3.05, 3.63) is 23.8 Å². The predicted octanol–water partition coefficient (Wildman–Crippen LogP) is 1.69. The molecule has 0 atom stereocenters. The van der Waals surface area contributed by atoms with Crippen molar-refractivity contribution in [1.29, 1.82) is 0 Å². The molecule has 1 aromatic carbocycles. The summed E-state index contributed by atoms with van der Waals surface area (Å²) in [6.07, 6.45) is 0.883. The second-order valence-corrected chi connectivity index (χ2v) is 4.80. The summed E-state index contributed by atoms with van der Waals surface area (Å²) in [5.41, 5.74) is 0.359. The summed E-state index contributed by atoms with van der Waals surface area (Å²) in [5, 5.41) is 2.80. The van der Waals surface area contributed by atoms with Crippen LogP contribution in [0.25, 0.3) is 0 Å². The van der Waals surface area contributed by atoms with Gasteiger partial charge in [-0.1, -0.05) is 13.0 Å². The van der Waals surface area contributed by atoms with Gasteiger partial charge in [-0.2, -0.15) is 0 Å². The van der Waals surface area contributed by atoms with Crippen molar-refractivity contribution in [2.24, 2.45) is 0 Å². The molecule has 122 valence electrons. The van der Waals surface area contributed by atoms with Gasteiger partial charge in [0.15, 0.2) is 0 Å². The van der Waals surface area contributed by atoms with Crippen LogP contribution >= 0.6 is 0 Å². The number of nitrogens with one attached hydrogen (secondary N) is 1. The van der Waals surface area contributed by atoms with Gasteiger partial charge in [-0.25, -0.2) is 0 Å². The number of rotatable bonds is 8. The Morgan fingerprint density at radius 2 is 1.73 bits per heavy atom. The van der Waals surface area contributed by atoms with Gasteiger partial charge in [0.05, 0.1) is 14.2 Å². The second kappa shape index (κ2) is 8.92. The minimum Gasteiger partial charge on any atom is -0.496 e. The number of amides is 2. The average molecular weight is 308 g/mol. The Morgan fingerprint density at radius 1 is 1.14 bits per heavy atom. The third kappa shape index (κ3) is 4.65. The standard InChI is InChI=1S/C16H24N2O4/c1-5-10-18(12(2)19)11-9-17-16(20)15-13(21-3)7-6-8-14(15)22-4/h6-8H,5,9-11H2,1-4H3,(H,17,20). The van der Waals surface area contributed by atoms with E-state index in [0.717, 1.165) is 6.42 Å². The van der Waals surface area contributed by atoms with E-state index in [1.807, 2.05) is 6.92 Å². The normalized spacial score (nSPS) is 10.0. The Morgan fingerprint density at radius 3 is 2.18 bits per heavy atom. The van der Waals surface area contributed by atoms with Gasteiger partial charge in [-0.3, -0.25) is 9.59 Å². The molecule has 0 saturated heterocycles. The highest BCUT2D eigenvalue weighted by Crippen LogP contribution is 2.27. The summed E-state index contributed by atoms with van der Waals surface area (Å²) in [6.45, 7) is 5.07. The van der Waals surface area contributed by atoms with Crippen LogP contribution in [0.4, 0.5) is 0 Å². The van der Waals surface area contributed by atoms with Gasteiger partial charge >= 0.3 is 0 Å². The van der Waals surface area contributed by atoms with Crippen molar-refractivity contribution >= 4 is 11.8 Å². The third-order valence-electron chi connectivity index (χ3n) is 3.26. The summed E-state index contributed by atoms with van der Waals surface area (Å²) >= 11 is 0. The minimum atomic E-state index is -0.283. The Bertz CT molecular complexity index is 495. The molecule has 0 aliphatic heterocycles. The molecule has 1 aromatic rings. The van der Waals surface area contributed by atoms with Crippen molar-refractivity contribution in [3.63, 3.8) is 0 Å². The lowest BCUT2D eigenvalue weighted by atomic mass is 10.1. The van der Waals surface area contributed by atoms with E-state index in [1.165, 1.54) is 21.1 Å². The SMILES string of the molecule is CCCN(CCNC(=O)c1c(OC)cccc1OC)C(C)=O. The molecule has 6 nitrogen and oxygen atoms in total. The Balaban J connectivity index is 2.72. The van der Waals surface area contributed by atoms with Crippen LogP contribution in [0.1, 0.15) is 30.6 Å². The highest BCUT2D eigenvalue weighted by atomic mass is 16.5. The van der Waals surface area contributed by atoms with E-state index < -0.39 is 0 Å². The first-order valence-electron chi connectivity index (χ1n) is 7.29. The monoisotopic (exact) mass is 308 g/mol. The van der Waals surface area contributed by atoms with Gasteiger partial charge < -0.3 is 19.7 Å². The van der Waals surface area contributed by atoms with Gasteiger partial charge in [0, 0.05) is 26.6 Å². The van der Waals surface area contributed by atoms with Crippen molar-refractivity contribution in [3.8, 4) is 11.5 Å². The Hall–Kier alpha value is -2.24. The highest BCUT2D eigenvalue weighted by Gasteiger charge is 2.18. The van der Waals surface area contributed by atoms with Gasteiger partial charge in [0.1, 0.15) is 17.1 Å². The van der Waals surface area contributed by atoms with E-state index in [-0.39, 0.29) is 11.8 Å². The first-order chi connectivity index (χ1) is 10.5. The summed E-state index contributed by atoms with van der Waals surface area (Å²) in [7, 11) is 3.01. The number of benzene rings is 1. The molecule has 1 rings (SSSR count). The van der Waals surface area contributed by atoms with E-state index in [4.69, 9.17) is 9.47 Å². The maximum Gasteiger partial charge on any atom is 0.258 e. The van der Waals surface area contributed by atoms with E-state index in [9.17, 15) is 9.59 Å². The number of hydrogen-bond acceptors (Lipinski definition) is 4. The molecule has 1 N–H and O–H groups in total. The first-order valence-corrected chi connectivity index (χ1v) is 7.29. The zero-order valence-electron chi connectivity index (χ0n) is 13.6. The molecule has 0 saturated carbocycles. The number of nitrogens with zero attached hydrogens (tertiary/aromatic N) is 1. The lowest BCUT2D eigenvalue weighted by Gasteiger charge is -2.20. The average Bonchev–Trinajstić information content (AvgIpc) is 2.52. The fraction of sp³-hybridized carbons (Fsp3) is 0.500. The number of ether oxygens (including phenoxy) is 2. The largest absolute Gasteiger partial charge is 0.496 e. The van der Waals surface area contributed by atoms with Gasteiger partial charge in [-0.15, -0.1) is 0 Å². The Kier molecular flexibility index (Phi) is 7.22. The number of methoxy groups -OCH3 is 2. The van der Waals surface area contributed by atoms with E-state index in [1.54, 1.807) is 23.1 Å². The molecule has 0 unspecified atom stereocenters. The third-order valence-corrected chi connectivity index (χ3v) is 3.26. The smallest absolute Gasteiger partial charge is 0.258 e. The molecular formula is C16H24N2O4. The maximum absolute atomic E-state index is 12.3. The van der Waals surface area contributed by atoms with Crippen LogP contribution in [0.2, 0.25) is 0 Å². The van der Waals surface area contributed by atoms with Crippen molar-refractivity contribution in [2.75, 3.05) is 33.9 Å². The number of carbonyl (C=O) groups excluding carboxylic acids is 2. The lowest BCUT2D eigenvalue weighted by molar-refractivity contribution is -0.128. The summed E-state index contributed by atoms with van der Waals surface area (Å²) in [5.74, 6) is 0.628. The van der Waals surface area contributed by atoms with Gasteiger partial charge in [0.25, 0.3) is 5.91 Å². The van der Waals surface area contributed by atoms with Gasteiger partial charge in [-0.05, 0) is 18.6 Å². The molecule has 2 amide bonds. The molecule has 0 spiro atoms. The second-order valence-electron chi connectivity index (χ2n) is 4.80. The van der Waals surface area contributed by atoms with Crippen LogP contribution in [-0.2, 0) is 4.79 Å². The topological polar surface area (TPSA) is 67.9 Å². The molecule has 0 fully saturated rings. The minimum absolute atomic E-state index is 0.00553. The summed E-state index contributed by atoms with van der Waals surface area (Å²) in [4.78, 5) is 25.5. The maximum atomic E-state index is 12.3. The molecule has 0 heterocycles. The summed E-state index contributed by atoms with van der Waals surface area (Å²) in [6, 6.07) is 5.17. The number of hydrogen-bond donors (Lipinski definition) is 1. The lowest BCUT2D eigenvalue weighted by Crippen LogP contribution is -2.38. The zero-order chi connectivity index (χ0) is 16.5. The van der Waals surface area contributed by atoms with E-state index in [0.29, 0.717) is 36.7 Å². The predicted molar refractivity (Wildman–Crippen MR) is 84.4 cm³/mol. The first kappa shape index (κ1) is 17.8. The van der Waals surface area contributed by atoms with Gasteiger partial charge in [0.2, 0.25) is 5.91 Å². The fourth-order valence-corrected chi connectivity index (χ4v) is 2.16. The van der Waals surface area contributed by atoms with Crippen LogP contribution in [0.5, 0.6) is 11.5 Å². The molecule has 0 aliphatic carbocycles. The van der Waals surface area contributed by atoms with E-state index in [2.05, 4.69) is 5.32 Å². The summed E-state index contributed by atoms with van der Waals surface area (Å²) < 4.78 is 10.4. The quantitative estimate of drug-likeness (QED) is 0.793.